The number of carbonyl (C=O) groups is 1. The van der Waals surface area contributed by atoms with Crippen molar-refractivity contribution >= 4 is 24.0 Å². The van der Waals surface area contributed by atoms with Gasteiger partial charge in [-0.2, -0.15) is 0 Å². The van der Waals surface area contributed by atoms with E-state index in [2.05, 4.69) is 49.6 Å². The predicted octanol–water partition coefficient (Wildman–Crippen LogP) is 3.87. The minimum Gasteiger partial charge on any atom is -0.326 e. The van der Waals surface area contributed by atoms with Crippen molar-refractivity contribution < 1.29 is 4.79 Å². The Morgan fingerprint density at radius 3 is 2.81 bits per heavy atom. The van der Waals surface area contributed by atoms with Gasteiger partial charge in [-0.05, 0) is 55.8 Å². The maximum absolute atomic E-state index is 12.2. The Labute approximate surface area is 134 Å². The largest absolute Gasteiger partial charge is 0.326 e. The van der Waals surface area contributed by atoms with Crippen LogP contribution in [0.15, 0.2) is 18.2 Å². The summed E-state index contributed by atoms with van der Waals surface area (Å²) in [5.41, 5.74) is 3.38. The molecule has 0 spiro atoms. The van der Waals surface area contributed by atoms with Crippen molar-refractivity contribution in [2.24, 2.45) is 5.92 Å². The molecule has 1 amide bonds. The zero-order chi connectivity index (χ0) is 14.5. The fraction of sp³-hybridized carbons (Fsp3) is 0.588. The first-order valence-electron chi connectivity index (χ1n) is 7.68. The van der Waals surface area contributed by atoms with E-state index in [1.807, 2.05) is 0 Å². The zero-order valence-corrected chi connectivity index (χ0v) is 14.1. The topological polar surface area (TPSA) is 41.1 Å². The van der Waals surface area contributed by atoms with E-state index in [9.17, 15) is 4.79 Å². The van der Waals surface area contributed by atoms with E-state index in [1.54, 1.807) is 0 Å². The number of carbonyl (C=O) groups excluding carboxylic acids is 1. The minimum absolute atomic E-state index is 0. The van der Waals surface area contributed by atoms with Gasteiger partial charge in [-0.15, -0.1) is 12.4 Å². The molecule has 0 radical (unpaired) electrons. The summed E-state index contributed by atoms with van der Waals surface area (Å²) in [6, 6.07) is 6.22. The number of rotatable bonds is 5. The van der Waals surface area contributed by atoms with Gasteiger partial charge in [0.05, 0.1) is 0 Å². The average Bonchev–Trinajstić information content (AvgIpc) is 2.91. The SMILES string of the molecule is Cc1cccc(C(C)C)c1NC(=O)CCC1CCNC1.Cl. The molecule has 2 rings (SSSR count). The molecule has 0 bridgehead atoms. The maximum atomic E-state index is 12.2. The molecule has 1 saturated heterocycles. The first kappa shape index (κ1) is 18.0. The van der Waals surface area contributed by atoms with E-state index in [0.29, 0.717) is 18.3 Å². The highest BCUT2D eigenvalue weighted by Gasteiger charge is 2.17. The van der Waals surface area contributed by atoms with E-state index in [0.717, 1.165) is 30.8 Å². The van der Waals surface area contributed by atoms with Gasteiger partial charge in [0.2, 0.25) is 5.91 Å². The molecule has 1 aliphatic heterocycles. The third kappa shape index (κ3) is 5.01. The fourth-order valence-electron chi connectivity index (χ4n) is 2.84. The van der Waals surface area contributed by atoms with Crippen molar-refractivity contribution in [2.75, 3.05) is 18.4 Å². The predicted molar refractivity (Wildman–Crippen MR) is 91.4 cm³/mol. The monoisotopic (exact) mass is 310 g/mol. The number of anilines is 1. The lowest BCUT2D eigenvalue weighted by atomic mass is 9.97. The molecule has 1 aromatic carbocycles. The second kappa shape index (κ2) is 8.40. The summed E-state index contributed by atoms with van der Waals surface area (Å²) >= 11 is 0. The highest BCUT2D eigenvalue weighted by atomic mass is 35.5. The molecule has 1 fully saturated rings. The number of benzene rings is 1. The molecule has 1 atom stereocenters. The summed E-state index contributed by atoms with van der Waals surface area (Å²) in [5.74, 6) is 1.24. The third-order valence-corrected chi connectivity index (χ3v) is 4.13. The van der Waals surface area contributed by atoms with Crippen LogP contribution in [0.25, 0.3) is 0 Å². The number of halogens is 1. The maximum Gasteiger partial charge on any atom is 0.224 e. The van der Waals surface area contributed by atoms with Crippen molar-refractivity contribution in [3.05, 3.63) is 29.3 Å². The van der Waals surface area contributed by atoms with E-state index >= 15 is 0 Å². The van der Waals surface area contributed by atoms with Gasteiger partial charge in [-0.25, -0.2) is 0 Å². The molecule has 21 heavy (non-hydrogen) atoms. The second-order valence-corrected chi connectivity index (χ2v) is 6.14. The highest BCUT2D eigenvalue weighted by Crippen LogP contribution is 2.27. The van der Waals surface area contributed by atoms with E-state index in [-0.39, 0.29) is 18.3 Å². The van der Waals surface area contributed by atoms with Crippen LogP contribution in [0.3, 0.4) is 0 Å². The van der Waals surface area contributed by atoms with Gasteiger partial charge in [0, 0.05) is 12.1 Å². The molecule has 1 heterocycles. The first-order valence-corrected chi connectivity index (χ1v) is 7.68. The highest BCUT2D eigenvalue weighted by molar-refractivity contribution is 5.92. The van der Waals surface area contributed by atoms with Crippen molar-refractivity contribution in [1.29, 1.82) is 0 Å². The minimum atomic E-state index is 0. The van der Waals surface area contributed by atoms with Crippen LogP contribution in [0.1, 0.15) is 50.2 Å². The summed E-state index contributed by atoms with van der Waals surface area (Å²) in [5, 5.41) is 6.47. The van der Waals surface area contributed by atoms with E-state index in [4.69, 9.17) is 0 Å². The van der Waals surface area contributed by atoms with E-state index in [1.165, 1.54) is 12.0 Å². The molecular formula is C17H27ClN2O. The van der Waals surface area contributed by atoms with E-state index < -0.39 is 0 Å². The number of hydrogen-bond donors (Lipinski definition) is 2. The molecule has 0 aliphatic carbocycles. The summed E-state index contributed by atoms with van der Waals surface area (Å²) < 4.78 is 0. The Morgan fingerprint density at radius 1 is 1.43 bits per heavy atom. The number of para-hydroxylation sites is 1. The first-order chi connectivity index (χ1) is 9.58. The molecule has 4 heteroatoms. The molecular weight excluding hydrogens is 284 g/mol. The number of nitrogens with one attached hydrogen (secondary N) is 2. The number of aryl methyl sites for hydroxylation is 1. The molecule has 0 saturated carbocycles. The van der Waals surface area contributed by atoms with Crippen molar-refractivity contribution in [2.45, 2.75) is 46.0 Å². The van der Waals surface area contributed by atoms with Crippen LogP contribution < -0.4 is 10.6 Å². The van der Waals surface area contributed by atoms with Crippen LogP contribution in [0.4, 0.5) is 5.69 Å². The summed E-state index contributed by atoms with van der Waals surface area (Å²) in [4.78, 5) is 12.2. The molecule has 1 aromatic rings. The molecule has 0 aromatic heterocycles. The summed E-state index contributed by atoms with van der Waals surface area (Å²) in [7, 11) is 0. The van der Waals surface area contributed by atoms with Crippen molar-refractivity contribution in [1.82, 2.24) is 5.32 Å². The van der Waals surface area contributed by atoms with Gasteiger partial charge in [-0.3, -0.25) is 4.79 Å². The second-order valence-electron chi connectivity index (χ2n) is 6.14. The van der Waals surface area contributed by atoms with Gasteiger partial charge < -0.3 is 10.6 Å². The Balaban J connectivity index is 0.00000220. The lowest BCUT2D eigenvalue weighted by Gasteiger charge is -2.17. The van der Waals surface area contributed by atoms with Gasteiger partial charge >= 0.3 is 0 Å². The summed E-state index contributed by atoms with van der Waals surface area (Å²) in [6.45, 7) is 8.54. The summed E-state index contributed by atoms with van der Waals surface area (Å²) in [6.07, 6.45) is 2.81. The standard InChI is InChI=1S/C17H26N2O.ClH/c1-12(2)15-6-4-5-13(3)17(15)19-16(20)8-7-14-9-10-18-11-14;/h4-6,12,14,18H,7-11H2,1-3H3,(H,19,20);1H. The number of amides is 1. The average molecular weight is 311 g/mol. The molecule has 3 nitrogen and oxygen atoms in total. The Morgan fingerprint density at radius 2 is 2.19 bits per heavy atom. The van der Waals surface area contributed by atoms with Crippen LogP contribution in [0, 0.1) is 12.8 Å². The van der Waals surface area contributed by atoms with Crippen molar-refractivity contribution in [3.8, 4) is 0 Å². The Kier molecular flexibility index (Phi) is 7.20. The quantitative estimate of drug-likeness (QED) is 0.867. The Bertz CT molecular complexity index is 468. The third-order valence-electron chi connectivity index (χ3n) is 4.13. The normalized spacial score (nSPS) is 17.6. The Hall–Kier alpha value is -1.06. The van der Waals surface area contributed by atoms with Crippen LogP contribution in [-0.4, -0.2) is 19.0 Å². The van der Waals surface area contributed by atoms with Gasteiger partial charge in [0.25, 0.3) is 0 Å². The van der Waals surface area contributed by atoms with Gasteiger partial charge in [-0.1, -0.05) is 32.0 Å². The molecule has 1 unspecified atom stereocenters. The lowest BCUT2D eigenvalue weighted by Crippen LogP contribution is -2.16. The van der Waals surface area contributed by atoms with Gasteiger partial charge in [0.15, 0.2) is 0 Å². The van der Waals surface area contributed by atoms with Crippen LogP contribution in [0.5, 0.6) is 0 Å². The zero-order valence-electron chi connectivity index (χ0n) is 13.2. The fourth-order valence-corrected chi connectivity index (χ4v) is 2.84. The van der Waals surface area contributed by atoms with Crippen LogP contribution >= 0.6 is 12.4 Å². The molecule has 1 aliphatic rings. The van der Waals surface area contributed by atoms with Crippen molar-refractivity contribution in [3.63, 3.8) is 0 Å². The molecule has 118 valence electrons. The smallest absolute Gasteiger partial charge is 0.224 e. The lowest BCUT2D eigenvalue weighted by molar-refractivity contribution is -0.116. The van der Waals surface area contributed by atoms with Crippen LogP contribution in [-0.2, 0) is 4.79 Å². The van der Waals surface area contributed by atoms with Gasteiger partial charge in [0.1, 0.15) is 0 Å². The molecule has 2 N–H and O–H groups in total. The van der Waals surface area contributed by atoms with Crippen LogP contribution in [0.2, 0.25) is 0 Å². The number of hydrogen-bond acceptors (Lipinski definition) is 2.